The van der Waals surface area contributed by atoms with E-state index in [4.69, 9.17) is 0 Å². The van der Waals surface area contributed by atoms with Crippen LogP contribution in [0.5, 0.6) is 0 Å². The molecule has 4 rings (SSSR count). The van der Waals surface area contributed by atoms with Gasteiger partial charge < -0.3 is 10.2 Å². The molecule has 2 amide bonds. The van der Waals surface area contributed by atoms with Crippen LogP contribution in [0.15, 0.2) is 108 Å². The number of nitrogens with zero attached hydrogens (tertiary/aromatic N) is 2. The largest absolute Gasteiger partial charge is 0.352 e. The molecule has 0 saturated heterocycles. The predicted octanol–water partition coefficient (Wildman–Crippen LogP) is 6.36. The van der Waals surface area contributed by atoms with Gasteiger partial charge in [-0.3, -0.25) is 13.9 Å². The van der Waals surface area contributed by atoms with E-state index in [9.17, 15) is 18.0 Å². The molecule has 2 atom stereocenters. The van der Waals surface area contributed by atoms with E-state index in [0.717, 1.165) is 34.2 Å². The number of aryl methyl sites for hydroxylation is 2. The monoisotopic (exact) mass is 625 g/mol. The van der Waals surface area contributed by atoms with Crippen molar-refractivity contribution in [3.05, 3.63) is 131 Å². The van der Waals surface area contributed by atoms with Crippen LogP contribution in [0.2, 0.25) is 0 Å². The Morgan fingerprint density at radius 2 is 1.38 bits per heavy atom. The lowest BCUT2D eigenvalue weighted by Gasteiger charge is -2.34. The van der Waals surface area contributed by atoms with Gasteiger partial charge in [0.25, 0.3) is 10.0 Å². The molecule has 0 bridgehead atoms. The number of rotatable bonds is 13. The first-order valence-electron chi connectivity index (χ1n) is 15.3. The standard InChI is InChI=1S/C37H43N3O4S/c1-6-29(4)38-37(42)35(24-31-15-9-7-10-16-31)39(25-32-17-11-8-12-18-32)36(41)26-40(34-19-13-14-28(3)30(34)5)45(43,44)33-22-20-27(2)21-23-33/h7-23,29,35H,6,24-26H2,1-5H3,(H,38,42)/t29-,35+/m1/s1. The number of hydrogen-bond acceptors (Lipinski definition) is 4. The van der Waals surface area contributed by atoms with Crippen molar-refractivity contribution in [2.75, 3.05) is 10.8 Å². The van der Waals surface area contributed by atoms with Crippen molar-refractivity contribution in [1.29, 1.82) is 0 Å². The summed E-state index contributed by atoms with van der Waals surface area (Å²) in [4.78, 5) is 30.1. The number of carbonyl (C=O) groups is 2. The van der Waals surface area contributed by atoms with Gasteiger partial charge in [0.05, 0.1) is 10.6 Å². The van der Waals surface area contributed by atoms with Crippen molar-refractivity contribution < 1.29 is 18.0 Å². The second-order valence-corrected chi connectivity index (χ2v) is 13.4. The van der Waals surface area contributed by atoms with E-state index in [-0.39, 0.29) is 29.8 Å². The molecule has 0 unspecified atom stereocenters. The van der Waals surface area contributed by atoms with Crippen LogP contribution in [0.3, 0.4) is 0 Å². The van der Waals surface area contributed by atoms with Crippen LogP contribution in [-0.2, 0) is 32.6 Å². The van der Waals surface area contributed by atoms with E-state index in [1.165, 1.54) is 9.21 Å². The minimum absolute atomic E-state index is 0.0896. The maximum Gasteiger partial charge on any atom is 0.264 e. The fourth-order valence-corrected chi connectivity index (χ4v) is 6.60. The average molecular weight is 626 g/mol. The second-order valence-electron chi connectivity index (χ2n) is 11.6. The van der Waals surface area contributed by atoms with Crippen LogP contribution in [0, 0.1) is 20.8 Å². The number of hydrogen-bond donors (Lipinski definition) is 1. The van der Waals surface area contributed by atoms with E-state index in [1.807, 2.05) is 101 Å². The number of anilines is 1. The van der Waals surface area contributed by atoms with Crippen molar-refractivity contribution in [3.8, 4) is 0 Å². The van der Waals surface area contributed by atoms with Crippen LogP contribution in [0.25, 0.3) is 0 Å². The molecule has 0 aliphatic carbocycles. The Morgan fingerprint density at radius 3 is 1.98 bits per heavy atom. The molecule has 236 valence electrons. The molecule has 0 fully saturated rings. The molecular formula is C37H43N3O4S. The number of amides is 2. The van der Waals surface area contributed by atoms with E-state index in [2.05, 4.69) is 5.32 Å². The van der Waals surface area contributed by atoms with Crippen LogP contribution in [-0.4, -0.2) is 43.8 Å². The third-order valence-electron chi connectivity index (χ3n) is 8.20. The third-order valence-corrected chi connectivity index (χ3v) is 9.97. The lowest BCUT2D eigenvalue weighted by Crippen LogP contribution is -2.54. The Labute approximate surface area is 268 Å². The van der Waals surface area contributed by atoms with Gasteiger partial charge in [0, 0.05) is 19.0 Å². The maximum absolute atomic E-state index is 14.6. The molecule has 0 aliphatic rings. The molecule has 0 heterocycles. The highest BCUT2D eigenvalue weighted by Gasteiger charge is 2.35. The van der Waals surface area contributed by atoms with Gasteiger partial charge in [-0.1, -0.05) is 97.4 Å². The fourth-order valence-electron chi connectivity index (χ4n) is 5.13. The molecule has 0 saturated carbocycles. The van der Waals surface area contributed by atoms with Crippen molar-refractivity contribution in [3.63, 3.8) is 0 Å². The number of carbonyl (C=O) groups excluding carboxylic acids is 2. The zero-order valence-electron chi connectivity index (χ0n) is 26.7. The third kappa shape index (κ3) is 8.39. The van der Waals surface area contributed by atoms with E-state index >= 15 is 0 Å². The van der Waals surface area contributed by atoms with Crippen molar-refractivity contribution in [2.45, 2.75) is 71.0 Å². The van der Waals surface area contributed by atoms with Crippen molar-refractivity contribution >= 4 is 27.5 Å². The van der Waals surface area contributed by atoms with Gasteiger partial charge >= 0.3 is 0 Å². The van der Waals surface area contributed by atoms with E-state index < -0.39 is 28.5 Å². The summed E-state index contributed by atoms with van der Waals surface area (Å²) in [5, 5.41) is 3.07. The molecule has 4 aromatic carbocycles. The average Bonchev–Trinajstić information content (AvgIpc) is 3.04. The van der Waals surface area contributed by atoms with Crippen LogP contribution in [0.1, 0.15) is 48.1 Å². The minimum atomic E-state index is -4.15. The smallest absolute Gasteiger partial charge is 0.264 e. The first kappa shape index (κ1) is 33.5. The summed E-state index contributed by atoms with van der Waals surface area (Å²) in [5.74, 6) is -0.757. The first-order valence-corrected chi connectivity index (χ1v) is 16.8. The Morgan fingerprint density at radius 1 is 0.778 bits per heavy atom. The first-order chi connectivity index (χ1) is 21.5. The molecular weight excluding hydrogens is 582 g/mol. The van der Waals surface area contributed by atoms with E-state index in [0.29, 0.717) is 5.69 Å². The quantitative estimate of drug-likeness (QED) is 0.187. The van der Waals surface area contributed by atoms with Gasteiger partial charge in [-0.15, -0.1) is 0 Å². The summed E-state index contributed by atoms with van der Waals surface area (Å²) >= 11 is 0. The fraction of sp³-hybridized carbons (Fsp3) is 0.297. The van der Waals surface area contributed by atoms with Gasteiger partial charge in [0.1, 0.15) is 12.6 Å². The summed E-state index contributed by atoms with van der Waals surface area (Å²) in [6.45, 7) is 9.23. The lowest BCUT2D eigenvalue weighted by atomic mass is 10.0. The Bertz CT molecular complexity index is 1690. The molecule has 0 radical (unpaired) electrons. The number of benzene rings is 4. The highest BCUT2D eigenvalue weighted by molar-refractivity contribution is 7.92. The lowest BCUT2D eigenvalue weighted by molar-refractivity contribution is -0.140. The Kier molecular flexibility index (Phi) is 11.2. The van der Waals surface area contributed by atoms with Gasteiger partial charge in [-0.25, -0.2) is 8.42 Å². The van der Waals surface area contributed by atoms with Gasteiger partial charge in [0.15, 0.2) is 0 Å². The summed E-state index contributed by atoms with van der Waals surface area (Å²) in [7, 11) is -4.15. The molecule has 45 heavy (non-hydrogen) atoms. The van der Waals surface area contributed by atoms with Crippen LogP contribution < -0.4 is 9.62 Å². The Balaban J connectivity index is 1.82. The molecule has 0 spiro atoms. The second kappa shape index (κ2) is 15.0. The highest BCUT2D eigenvalue weighted by Crippen LogP contribution is 2.29. The zero-order chi connectivity index (χ0) is 32.6. The Hall–Kier alpha value is -4.43. The molecule has 7 nitrogen and oxygen atoms in total. The predicted molar refractivity (Wildman–Crippen MR) is 180 cm³/mol. The topological polar surface area (TPSA) is 86.8 Å². The maximum atomic E-state index is 14.6. The molecule has 0 aromatic heterocycles. The van der Waals surface area contributed by atoms with Crippen molar-refractivity contribution in [2.24, 2.45) is 0 Å². The van der Waals surface area contributed by atoms with E-state index in [1.54, 1.807) is 36.4 Å². The molecule has 0 aliphatic heterocycles. The molecule has 4 aromatic rings. The highest BCUT2D eigenvalue weighted by atomic mass is 32.2. The van der Waals surface area contributed by atoms with Gasteiger partial charge in [0.2, 0.25) is 11.8 Å². The van der Waals surface area contributed by atoms with Crippen LogP contribution in [0.4, 0.5) is 5.69 Å². The summed E-state index contributed by atoms with van der Waals surface area (Å²) in [5.41, 5.74) is 4.73. The van der Waals surface area contributed by atoms with Gasteiger partial charge in [-0.05, 0) is 74.6 Å². The minimum Gasteiger partial charge on any atom is -0.352 e. The van der Waals surface area contributed by atoms with Gasteiger partial charge in [-0.2, -0.15) is 0 Å². The van der Waals surface area contributed by atoms with Crippen LogP contribution >= 0.6 is 0 Å². The SMILES string of the molecule is CC[C@@H](C)NC(=O)[C@H](Cc1ccccc1)N(Cc1ccccc1)C(=O)CN(c1cccc(C)c1C)S(=O)(=O)c1ccc(C)cc1. The summed E-state index contributed by atoms with van der Waals surface area (Å²) in [6, 6.07) is 30.1. The number of nitrogens with one attached hydrogen (secondary N) is 1. The zero-order valence-corrected chi connectivity index (χ0v) is 27.6. The summed E-state index contributed by atoms with van der Waals surface area (Å²) in [6.07, 6.45) is 1.00. The van der Waals surface area contributed by atoms with Crippen molar-refractivity contribution in [1.82, 2.24) is 10.2 Å². The number of sulfonamides is 1. The molecule has 1 N–H and O–H groups in total. The summed E-state index contributed by atoms with van der Waals surface area (Å²) < 4.78 is 29.7. The molecule has 8 heteroatoms. The normalized spacial score (nSPS) is 12.6.